The summed E-state index contributed by atoms with van der Waals surface area (Å²) in [6.45, 7) is 2.87. The zero-order chi connectivity index (χ0) is 13.9. The van der Waals surface area contributed by atoms with Crippen LogP contribution in [-0.4, -0.2) is 12.6 Å². The van der Waals surface area contributed by atoms with E-state index < -0.39 is 0 Å². The van der Waals surface area contributed by atoms with E-state index in [9.17, 15) is 4.39 Å². The molecule has 0 amide bonds. The molecule has 1 N–H and O–H groups in total. The first-order valence-electron chi connectivity index (χ1n) is 7.02. The highest BCUT2D eigenvalue weighted by atomic mass is 19.1. The number of rotatable bonds is 4. The molecule has 2 aromatic rings. The molecule has 104 valence electrons. The Labute approximate surface area is 118 Å². The number of benzene rings is 2. The molecule has 2 nitrogen and oxygen atoms in total. The van der Waals surface area contributed by atoms with Crippen molar-refractivity contribution in [1.82, 2.24) is 0 Å². The maximum Gasteiger partial charge on any atom is 0.123 e. The molecular formula is C17H18FNO. The Kier molecular flexibility index (Phi) is 3.59. The van der Waals surface area contributed by atoms with Gasteiger partial charge in [0.05, 0.1) is 6.54 Å². The van der Waals surface area contributed by atoms with Gasteiger partial charge in [0.15, 0.2) is 0 Å². The van der Waals surface area contributed by atoms with E-state index in [0.717, 1.165) is 36.4 Å². The van der Waals surface area contributed by atoms with Crippen LogP contribution >= 0.6 is 0 Å². The molecular weight excluding hydrogens is 253 g/mol. The fraction of sp³-hybridized carbons (Fsp3) is 0.294. The van der Waals surface area contributed by atoms with E-state index in [-0.39, 0.29) is 11.9 Å². The number of nitrogens with one attached hydrogen (secondary N) is 1. The third-order valence-electron chi connectivity index (χ3n) is 3.66. The van der Waals surface area contributed by atoms with Gasteiger partial charge in [-0.15, -0.1) is 0 Å². The largest absolute Gasteiger partial charge is 0.488 e. The van der Waals surface area contributed by atoms with Crippen LogP contribution in [0.25, 0.3) is 0 Å². The number of halogens is 1. The Bertz CT molecular complexity index is 594. The molecule has 1 atom stereocenters. The van der Waals surface area contributed by atoms with Gasteiger partial charge in [0, 0.05) is 17.7 Å². The zero-order valence-electron chi connectivity index (χ0n) is 11.5. The van der Waals surface area contributed by atoms with E-state index in [1.165, 1.54) is 11.6 Å². The zero-order valence-corrected chi connectivity index (χ0v) is 11.5. The van der Waals surface area contributed by atoms with E-state index in [1.807, 2.05) is 0 Å². The molecule has 1 aliphatic heterocycles. The SMILES string of the molecule is CCc1ccc(NCC2Cc3cc(F)ccc3O2)cc1. The summed E-state index contributed by atoms with van der Waals surface area (Å²) in [6, 6.07) is 13.1. The quantitative estimate of drug-likeness (QED) is 0.913. The van der Waals surface area contributed by atoms with Crippen LogP contribution < -0.4 is 10.1 Å². The predicted octanol–water partition coefficient (Wildman–Crippen LogP) is 3.80. The first-order valence-corrected chi connectivity index (χ1v) is 7.02. The molecule has 0 radical (unpaired) electrons. The lowest BCUT2D eigenvalue weighted by Crippen LogP contribution is -2.23. The molecule has 1 heterocycles. The molecule has 0 saturated heterocycles. The Morgan fingerprint density at radius 2 is 2.00 bits per heavy atom. The summed E-state index contributed by atoms with van der Waals surface area (Å²) in [5.41, 5.74) is 3.38. The average Bonchev–Trinajstić information content (AvgIpc) is 2.87. The number of aryl methyl sites for hydroxylation is 1. The highest BCUT2D eigenvalue weighted by molar-refractivity contribution is 5.45. The van der Waals surface area contributed by atoms with Crippen molar-refractivity contribution in [3.63, 3.8) is 0 Å². The van der Waals surface area contributed by atoms with Crippen LogP contribution in [0.2, 0.25) is 0 Å². The van der Waals surface area contributed by atoms with Gasteiger partial charge in [-0.3, -0.25) is 0 Å². The maximum absolute atomic E-state index is 13.1. The minimum absolute atomic E-state index is 0.0673. The van der Waals surface area contributed by atoms with E-state index in [0.29, 0.717) is 0 Å². The summed E-state index contributed by atoms with van der Waals surface area (Å²) in [7, 11) is 0. The predicted molar refractivity (Wildman–Crippen MR) is 78.8 cm³/mol. The maximum atomic E-state index is 13.1. The van der Waals surface area contributed by atoms with Crippen LogP contribution in [0.15, 0.2) is 42.5 Å². The minimum Gasteiger partial charge on any atom is -0.488 e. The van der Waals surface area contributed by atoms with Crippen molar-refractivity contribution in [3.8, 4) is 5.75 Å². The Morgan fingerprint density at radius 1 is 1.20 bits per heavy atom. The van der Waals surface area contributed by atoms with E-state index in [4.69, 9.17) is 4.74 Å². The molecule has 3 rings (SSSR count). The van der Waals surface area contributed by atoms with Crippen LogP contribution in [0.3, 0.4) is 0 Å². The lowest BCUT2D eigenvalue weighted by Gasteiger charge is -2.13. The Balaban J connectivity index is 1.58. The third kappa shape index (κ3) is 2.77. The van der Waals surface area contributed by atoms with Gasteiger partial charge in [-0.1, -0.05) is 19.1 Å². The minimum atomic E-state index is -0.198. The molecule has 0 fully saturated rings. The smallest absolute Gasteiger partial charge is 0.123 e. The summed E-state index contributed by atoms with van der Waals surface area (Å²) in [5.74, 6) is 0.607. The first kappa shape index (κ1) is 13.0. The van der Waals surface area contributed by atoms with Crippen molar-refractivity contribution in [2.24, 2.45) is 0 Å². The molecule has 0 bridgehead atoms. The number of ether oxygens (including phenoxy) is 1. The number of hydrogen-bond donors (Lipinski definition) is 1. The normalized spacial score (nSPS) is 16.6. The molecule has 20 heavy (non-hydrogen) atoms. The van der Waals surface area contributed by atoms with Gasteiger partial charge in [-0.05, 0) is 42.3 Å². The topological polar surface area (TPSA) is 21.3 Å². The second kappa shape index (κ2) is 5.53. The molecule has 2 aromatic carbocycles. The van der Waals surface area contributed by atoms with E-state index >= 15 is 0 Å². The van der Waals surface area contributed by atoms with Crippen molar-refractivity contribution in [3.05, 3.63) is 59.4 Å². The molecule has 1 aliphatic rings. The summed E-state index contributed by atoms with van der Waals surface area (Å²) in [6.07, 6.45) is 1.87. The van der Waals surface area contributed by atoms with Crippen molar-refractivity contribution < 1.29 is 9.13 Å². The van der Waals surface area contributed by atoms with Crippen LogP contribution in [0.4, 0.5) is 10.1 Å². The fourth-order valence-corrected chi connectivity index (χ4v) is 2.49. The van der Waals surface area contributed by atoms with Crippen LogP contribution in [0.1, 0.15) is 18.1 Å². The highest BCUT2D eigenvalue weighted by Gasteiger charge is 2.22. The Morgan fingerprint density at radius 3 is 2.75 bits per heavy atom. The monoisotopic (exact) mass is 271 g/mol. The number of anilines is 1. The van der Waals surface area contributed by atoms with Crippen LogP contribution in [0.5, 0.6) is 5.75 Å². The van der Waals surface area contributed by atoms with Gasteiger partial charge in [0.25, 0.3) is 0 Å². The lowest BCUT2D eigenvalue weighted by atomic mass is 10.1. The van der Waals surface area contributed by atoms with E-state index in [2.05, 4.69) is 36.5 Å². The van der Waals surface area contributed by atoms with Gasteiger partial charge >= 0.3 is 0 Å². The first-order chi connectivity index (χ1) is 9.74. The van der Waals surface area contributed by atoms with Crippen molar-refractivity contribution >= 4 is 5.69 Å². The number of fused-ring (bicyclic) bond motifs is 1. The van der Waals surface area contributed by atoms with Crippen LogP contribution in [0, 0.1) is 5.82 Å². The van der Waals surface area contributed by atoms with Crippen LogP contribution in [-0.2, 0) is 12.8 Å². The van der Waals surface area contributed by atoms with Gasteiger partial charge < -0.3 is 10.1 Å². The molecule has 0 spiro atoms. The van der Waals surface area contributed by atoms with Gasteiger partial charge in [-0.25, -0.2) is 4.39 Å². The van der Waals surface area contributed by atoms with Crippen molar-refractivity contribution in [2.75, 3.05) is 11.9 Å². The summed E-state index contributed by atoms with van der Waals surface area (Å²) < 4.78 is 18.9. The summed E-state index contributed by atoms with van der Waals surface area (Å²) >= 11 is 0. The van der Waals surface area contributed by atoms with Crippen molar-refractivity contribution in [2.45, 2.75) is 25.9 Å². The second-order valence-electron chi connectivity index (χ2n) is 5.13. The second-order valence-corrected chi connectivity index (χ2v) is 5.13. The Hall–Kier alpha value is -2.03. The lowest BCUT2D eigenvalue weighted by molar-refractivity contribution is 0.246. The van der Waals surface area contributed by atoms with Crippen molar-refractivity contribution in [1.29, 1.82) is 0 Å². The molecule has 0 aliphatic carbocycles. The molecule has 0 aromatic heterocycles. The number of hydrogen-bond acceptors (Lipinski definition) is 2. The summed E-state index contributed by atoms with van der Waals surface area (Å²) in [4.78, 5) is 0. The van der Waals surface area contributed by atoms with Gasteiger partial charge in [0.2, 0.25) is 0 Å². The molecule has 1 unspecified atom stereocenters. The third-order valence-corrected chi connectivity index (χ3v) is 3.66. The molecule has 0 saturated carbocycles. The highest BCUT2D eigenvalue weighted by Crippen LogP contribution is 2.29. The standard InChI is InChI=1S/C17H18FNO/c1-2-12-3-6-15(7-4-12)19-11-16-10-13-9-14(18)5-8-17(13)20-16/h3-9,16,19H,2,10-11H2,1H3. The van der Waals surface area contributed by atoms with Gasteiger partial charge in [0.1, 0.15) is 17.7 Å². The van der Waals surface area contributed by atoms with Gasteiger partial charge in [-0.2, -0.15) is 0 Å². The van der Waals surface area contributed by atoms with E-state index in [1.54, 1.807) is 12.1 Å². The average molecular weight is 271 g/mol. The molecule has 3 heteroatoms. The fourth-order valence-electron chi connectivity index (χ4n) is 2.49. The summed E-state index contributed by atoms with van der Waals surface area (Å²) in [5, 5.41) is 3.37.